The lowest BCUT2D eigenvalue weighted by molar-refractivity contribution is -0.145. The van der Waals surface area contributed by atoms with Crippen molar-refractivity contribution in [3.05, 3.63) is 63.3 Å². The SMILES string of the molecule is Nc1ccc(=O)n(CC(=O)OCc2ccc(F)c(Cl)c2)c1. The Morgan fingerprint density at radius 2 is 2.10 bits per heavy atom. The van der Waals surface area contributed by atoms with Crippen molar-refractivity contribution in [2.75, 3.05) is 5.73 Å². The van der Waals surface area contributed by atoms with E-state index in [0.717, 1.165) is 4.57 Å². The van der Waals surface area contributed by atoms with E-state index < -0.39 is 11.8 Å². The van der Waals surface area contributed by atoms with Gasteiger partial charge in [0.05, 0.1) is 5.02 Å². The largest absolute Gasteiger partial charge is 0.459 e. The van der Waals surface area contributed by atoms with Gasteiger partial charge in [-0.25, -0.2) is 4.39 Å². The Morgan fingerprint density at radius 3 is 2.81 bits per heavy atom. The van der Waals surface area contributed by atoms with Gasteiger partial charge in [0.2, 0.25) is 0 Å². The summed E-state index contributed by atoms with van der Waals surface area (Å²) < 4.78 is 19.1. The van der Waals surface area contributed by atoms with Gasteiger partial charge in [-0.05, 0) is 23.8 Å². The molecule has 7 heteroatoms. The van der Waals surface area contributed by atoms with Crippen LogP contribution >= 0.6 is 11.6 Å². The molecule has 1 aromatic carbocycles. The second-order valence-electron chi connectivity index (χ2n) is 4.34. The van der Waals surface area contributed by atoms with Crippen LogP contribution in [0.2, 0.25) is 5.02 Å². The van der Waals surface area contributed by atoms with Crippen LogP contribution in [0.25, 0.3) is 0 Å². The number of esters is 1. The summed E-state index contributed by atoms with van der Waals surface area (Å²) in [6.07, 6.45) is 1.36. The van der Waals surface area contributed by atoms with E-state index in [-0.39, 0.29) is 23.7 Å². The zero-order valence-corrected chi connectivity index (χ0v) is 11.6. The Balaban J connectivity index is 1.97. The molecule has 21 heavy (non-hydrogen) atoms. The summed E-state index contributed by atoms with van der Waals surface area (Å²) >= 11 is 5.62. The predicted molar refractivity (Wildman–Crippen MR) is 76.3 cm³/mol. The van der Waals surface area contributed by atoms with E-state index in [9.17, 15) is 14.0 Å². The van der Waals surface area contributed by atoms with Crippen molar-refractivity contribution in [3.63, 3.8) is 0 Å². The zero-order chi connectivity index (χ0) is 15.4. The molecular weight excluding hydrogens is 299 g/mol. The molecule has 0 atom stereocenters. The smallest absolute Gasteiger partial charge is 0.326 e. The molecule has 5 nitrogen and oxygen atoms in total. The second kappa shape index (κ2) is 6.41. The number of halogens is 2. The number of benzene rings is 1. The number of anilines is 1. The quantitative estimate of drug-likeness (QED) is 0.876. The van der Waals surface area contributed by atoms with Crippen LogP contribution in [-0.2, 0) is 22.7 Å². The molecule has 1 heterocycles. The minimum absolute atomic E-state index is 0.0457. The van der Waals surface area contributed by atoms with Crippen molar-refractivity contribution in [3.8, 4) is 0 Å². The molecule has 1 aromatic heterocycles. The number of rotatable bonds is 4. The second-order valence-corrected chi connectivity index (χ2v) is 4.74. The topological polar surface area (TPSA) is 74.3 Å². The van der Waals surface area contributed by atoms with Crippen molar-refractivity contribution >= 4 is 23.3 Å². The number of ether oxygens (including phenoxy) is 1. The van der Waals surface area contributed by atoms with Crippen LogP contribution in [-0.4, -0.2) is 10.5 Å². The van der Waals surface area contributed by atoms with Crippen molar-refractivity contribution < 1.29 is 13.9 Å². The van der Waals surface area contributed by atoms with E-state index in [2.05, 4.69) is 0 Å². The van der Waals surface area contributed by atoms with E-state index in [4.69, 9.17) is 22.1 Å². The average Bonchev–Trinajstić information content (AvgIpc) is 2.44. The molecule has 0 saturated heterocycles. The first-order valence-electron chi connectivity index (χ1n) is 6.01. The number of hydrogen-bond donors (Lipinski definition) is 1. The molecule has 0 bridgehead atoms. The van der Waals surface area contributed by atoms with Gasteiger partial charge in [-0.3, -0.25) is 9.59 Å². The van der Waals surface area contributed by atoms with Gasteiger partial charge in [0, 0.05) is 18.0 Å². The Morgan fingerprint density at radius 1 is 1.33 bits per heavy atom. The number of aromatic nitrogens is 1. The highest BCUT2D eigenvalue weighted by Crippen LogP contribution is 2.16. The first kappa shape index (κ1) is 15.1. The number of nitrogens with two attached hydrogens (primary N) is 1. The summed E-state index contributed by atoms with van der Waals surface area (Å²) in [6.45, 7) is -0.311. The van der Waals surface area contributed by atoms with E-state index in [0.29, 0.717) is 11.3 Å². The fourth-order valence-corrected chi connectivity index (χ4v) is 1.85. The molecule has 0 fully saturated rings. The summed E-state index contributed by atoms with van der Waals surface area (Å²) in [5, 5.41) is -0.0457. The van der Waals surface area contributed by atoms with Crippen molar-refractivity contribution in [1.29, 1.82) is 0 Å². The minimum Gasteiger partial charge on any atom is -0.459 e. The fourth-order valence-electron chi connectivity index (χ4n) is 1.65. The molecule has 2 rings (SSSR count). The van der Waals surface area contributed by atoms with Crippen LogP contribution in [0.1, 0.15) is 5.56 Å². The molecule has 110 valence electrons. The molecule has 0 aliphatic heterocycles. The molecule has 0 aliphatic carbocycles. The van der Waals surface area contributed by atoms with Crippen LogP contribution < -0.4 is 11.3 Å². The Hall–Kier alpha value is -2.34. The lowest BCUT2D eigenvalue weighted by Gasteiger charge is -2.08. The van der Waals surface area contributed by atoms with Gasteiger partial charge in [0.1, 0.15) is 19.0 Å². The lowest BCUT2D eigenvalue weighted by Crippen LogP contribution is -2.24. The third-order valence-electron chi connectivity index (χ3n) is 2.69. The minimum atomic E-state index is -0.608. The fraction of sp³-hybridized carbons (Fsp3) is 0.143. The predicted octanol–water partition coefficient (Wildman–Crippen LogP) is 1.97. The van der Waals surface area contributed by atoms with Crippen LogP contribution in [0.3, 0.4) is 0 Å². The maximum Gasteiger partial charge on any atom is 0.326 e. The van der Waals surface area contributed by atoms with E-state index in [1.807, 2.05) is 0 Å². The van der Waals surface area contributed by atoms with Crippen molar-refractivity contribution in [2.24, 2.45) is 0 Å². The Bertz CT molecular complexity index is 730. The first-order valence-corrected chi connectivity index (χ1v) is 6.39. The van der Waals surface area contributed by atoms with Crippen LogP contribution in [0.4, 0.5) is 10.1 Å². The molecule has 0 aliphatic rings. The molecule has 0 amide bonds. The monoisotopic (exact) mass is 310 g/mol. The van der Waals surface area contributed by atoms with Gasteiger partial charge in [-0.2, -0.15) is 0 Å². The number of hydrogen-bond acceptors (Lipinski definition) is 4. The standard InChI is InChI=1S/C14H12ClFN2O3/c15-11-5-9(1-3-12(11)16)8-21-14(20)7-18-6-10(17)2-4-13(18)19/h1-6H,7-8,17H2. The summed E-state index contributed by atoms with van der Waals surface area (Å²) in [6, 6.07) is 6.74. The first-order chi connectivity index (χ1) is 9.95. The summed E-state index contributed by atoms with van der Waals surface area (Å²) in [5.41, 5.74) is 6.10. The summed E-state index contributed by atoms with van der Waals surface area (Å²) in [4.78, 5) is 23.2. The average molecular weight is 311 g/mol. The zero-order valence-electron chi connectivity index (χ0n) is 10.9. The maximum absolute atomic E-state index is 13.0. The van der Waals surface area contributed by atoms with E-state index in [1.54, 1.807) is 0 Å². The van der Waals surface area contributed by atoms with Crippen LogP contribution in [0.15, 0.2) is 41.3 Å². The number of nitrogen functional groups attached to an aromatic ring is 1. The van der Waals surface area contributed by atoms with E-state index in [1.165, 1.54) is 36.5 Å². The number of carbonyl (C=O) groups excluding carboxylic acids is 1. The third kappa shape index (κ3) is 4.06. The van der Waals surface area contributed by atoms with Crippen molar-refractivity contribution in [2.45, 2.75) is 13.2 Å². The summed E-state index contributed by atoms with van der Waals surface area (Å²) in [5.74, 6) is -1.15. The van der Waals surface area contributed by atoms with E-state index >= 15 is 0 Å². The Kier molecular flexibility index (Phi) is 4.59. The van der Waals surface area contributed by atoms with Gasteiger partial charge < -0.3 is 15.0 Å². The molecule has 2 aromatic rings. The van der Waals surface area contributed by atoms with Gasteiger partial charge in [-0.15, -0.1) is 0 Å². The highest BCUT2D eigenvalue weighted by molar-refractivity contribution is 6.30. The number of pyridine rings is 1. The molecule has 0 unspecified atom stereocenters. The number of nitrogens with zero attached hydrogens (tertiary/aromatic N) is 1. The maximum atomic E-state index is 13.0. The van der Waals surface area contributed by atoms with Gasteiger partial charge >= 0.3 is 5.97 Å². The molecule has 0 saturated carbocycles. The highest BCUT2D eigenvalue weighted by atomic mass is 35.5. The number of carbonyl (C=O) groups is 1. The van der Waals surface area contributed by atoms with Gasteiger partial charge in [0.25, 0.3) is 5.56 Å². The van der Waals surface area contributed by atoms with Crippen molar-refractivity contribution in [1.82, 2.24) is 4.57 Å². The summed E-state index contributed by atoms with van der Waals surface area (Å²) in [7, 11) is 0. The molecule has 0 radical (unpaired) electrons. The molecule has 0 spiro atoms. The third-order valence-corrected chi connectivity index (χ3v) is 2.98. The van der Waals surface area contributed by atoms with Gasteiger partial charge in [-0.1, -0.05) is 17.7 Å². The van der Waals surface area contributed by atoms with Crippen LogP contribution in [0.5, 0.6) is 0 Å². The normalized spacial score (nSPS) is 10.4. The van der Waals surface area contributed by atoms with Gasteiger partial charge in [0.15, 0.2) is 0 Å². The van der Waals surface area contributed by atoms with Crippen LogP contribution in [0, 0.1) is 5.82 Å². The Labute approximate surface area is 124 Å². The molecule has 2 N–H and O–H groups in total. The lowest BCUT2D eigenvalue weighted by atomic mass is 10.2. The highest BCUT2D eigenvalue weighted by Gasteiger charge is 2.08. The molecular formula is C14H12ClFN2O3.